The minimum atomic E-state index is -0.236. The molecule has 0 atom stereocenters. The standard InChI is InChI=1S/C11H14FIN2O/c1-14-11(16)3-2-6-15-10-5-4-8(12)7-9(10)13/h4-5,7,15H,2-3,6H2,1H3,(H,14,16). The van der Waals surface area contributed by atoms with Gasteiger partial charge in [-0.3, -0.25) is 4.79 Å². The molecule has 1 aromatic carbocycles. The van der Waals surface area contributed by atoms with Crippen LogP contribution in [0.1, 0.15) is 12.8 Å². The lowest BCUT2D eigenvalue weighted by molar-refractivity contribution is -0.120. The van der Waals surface area contributed by atoms with E-state index >= 15 is 0 Å². The summed E-state index contributed by atoms with van der Waals surface area (Å²) in [7, 11) is 1.62. The van der Waals surface area contributed by atoms with Gasteiger partial charge in [-0.1, -0.05) is 0 Å². The van der Waals surface area contributed by atoms with Crippen molar-refractivity contribution >= 4 is 34.2 Å². The summed E-state index contributed by atoms with van der Waals surface area (Å²) in [6.45, 7) is 0.703. The van der Waals surface area contributed by atoms with E-state index in [9.17, 15) is 9.18 Å². The minimum absolute atomic E-state index is 0.0376. The second-order valence-corrected chi connectivity index (χ2v) is 4.49. The molecule has 0 aliphatic rings. The van der Waals surface area contributed by atoms with Crippen molar-refractivity contribution in [1.29, 1.82) is 0 Å². The number of anilines is 1. The number of hydrogen-bond donors (Lipinski definition) is 2. The normalized spacial score (nSPS) is 9.94. The van der Waals surface area contributed by atoms with Crippen molar-refractivity contribution in [3.8, 4) is 0 Å². The summed E-state index contributed by atoms with van der Waals surface area (Å²) in [5, 5.41) is 5.73. The molecule has 88 valence electrons. The number of nitrogens with one attached hydrogen (secondary N) is 2. The van der Waals surface area contributed by atoms with E-state index in [0.717, 1.165) is 15.7 Å². The highest BCUT2D eigenvalue weighted by atomic mass is 127. The van der Waals surface area contributed by atoms with Crippen molar-refractivity contribution in [2.45, 2.75) is 12.8 Å². The number of rotatable bonds is 5. The van der Waals surface area contributed by atoms with E-state index in [0.29, 0.717) is 13.0 Å². The Hall–Kier alpha value is -0.850. The van der Waals surface area contributed by atoms with Crippen molar-refractivity contribution in [3.63, 3.8) is 0 Å². The van der Waals surface area contributed by atoms with Crippen LogP contribution >= 0.6 is 22.6 Å². The van der Waals surface area contributed by atoms with Crippen LogP contribution in [0, 0.1) is 9.39 Å². The van der Waals surface area contributed by atoms with Gasteiger partial charge in [0.1, 0.15) is 5.82 Å². The van der Waals surface area contributed by atoms with E-state index in [1.54, 1.807) is 13.1 Å². The van der Waals surface area contributed by atoms with Crippen molar-refractivity contribution < 1.29 is 9.18 Å². The summed E-state index contributed by atoms with van der Waals surface area (Å²) in [5.41, 5.74) is 0.902. The summed E-state index contributed by atoms with van der Waals surface area (Å²) in [6, 6.07) is 4.60. The zero-order valence-corrected chi connectivity index (χ0v) is 11.2. The number of halogens is 2. The van der Waals surface area contributed by atoms with Crippen molar-refractivity contribution in [3.05, 3.63) is 27.6 Å². The maximum Gasteiger partial charge on any atom is 0.219 e. The van der Waals surface area contributed by atoms with Crippen LogP contribution in [0.5, 0.6) is 0 Å². The molecule has 1 rings (SSSR count). The highest BCUT2D eigenvalue weighted by molar-refractivity contribution is 14.1. The van der Waals surface area contributed by atoms with Crippen LogP contribution in [0.2, 0.25) is 0 Å². The fourth-order valence-electron chi connectivity index (χ4n) is 1.23. The first-order valence-corrected chi connectivity index (χ1v) is 6.11. The Balaban J connectivity index is 2.35. The fraction of sp³-hybridized carbons (Fsp3) is 0.364. The van der Waals surface area contributed by atoms with Crippen LogP contribution in [0.15, 0.2) is 18.2 Å². The molecule has 0 spiro atoms. The molecule has 0 unspecified atom stereocenters. The Morgan fingerprint density at radius 1 is 1.50 bits per heavy atom. The summed E-state index contributed by atoms with van der Waals surface area (Å²) in [6.07, 6.45) is 1.26. The van der Waals surface area contributed by atoms with Gasteiger partial charge >= 0.3 is 0 Å². The average Bonchev–Trinajstić information content (AvgIpc) is 2.26. The van der Waals surface area contributed by atoms with Crippen LogP contribution in [0.25, 0.3) is 0 Å². The first-order valence-electron chi connectivity index (χ1n) is 5.03. The van der Waals surface area contributed by atoms with Crippen molar-refractivity contribution in [2.24, 2.45) is 0 Å². The van der Waals surface area contributed by atoms with Crippen molar-refractivity contribution in [2.75, 3.05) is 18.9 Å². The smallest absolute Gasteiger partial charge is 0.219 e. The molecule has 0 saturated heterocycles. The van der Waals surface area contributed by atoms with Gasteiger partial charge in [-0.25, -0.2) is 4.39 Å². The number of hydrogen-bond acceptors (Lipinski definition) is 2. The van der Waals surface area contributed by atoms with Gasteiger partial charge < -0.3 is 10.6 Å². The second kappa shape index (κ2) is 6.67. The van der Waals surface area contributed by atoms with Crippen LogP contribution < -0.4 is 10.6 Å². The quantitative estimate of drug-likeness (QED) is 0.640. The number of carbonyl (C=O) groups is 1. The molecule has 5 heteroatoms. The van der Waals surface area contributed by atoms with E-state index in [1.165, 1.54) is 12.1 Å². The SMILES string of the molecule is CNC(=O)CCCNc1ccc(F)cc1I. The molecule has 1 aromatic rings. The lowest BCUT2D eigenvalue weighted by Crippen LogP contribution is -2.18. The molecule has 3 nitrogen and oxygen atoms in total. The summed E-state index contributed by atoms with van der Waals surface area (Å²) in [5.74, 6) is -0.198. The van der Waals surface area contributed by atoms with Gasteiger partial charge in [-0.15, -0.1) is 0 Å². The molecule has 0 heterocycles. The number of amides is 1. The summed E-state index contributed by atoms with van der Waals surface area (Å²) >= 11 is 2.08. The van der Waals surface area contributed by atoms with E-state index in [1.807, 2.05) is 0 Å². The molecule has 0 aromatic heterocycles. The van der Waals surface area contributed by atoms with Crippen LogP contribution in [0.4, 0.5) is 10.1 Å². The van der Waals surface area contributed by atoms with Gasteiger partial charge in [-0.05, 0) is 47.2 Å². The Morgan fingerprint density at radius 3 is 2.88 bits per heavy atom. The van der Waals surface area contributed by atoms with Gasteiger partial charge in [0.25, 0.3) is 0 Å². The maximum atomic E-state index is 12.8. The largest absolute Gasteiger partial charge is 0.384 e. The first kappa shape index (κ1) is 13.2. The third kappa shape index (κ3) is 4.34. The van der Waals surface area contributed by atoms with Gasteiger partial charge in [0.15, 0.2) is 0 Å². The fourth-order valence-corrected chi connectivity index (χ4v) is 1.90. The van der Waals surface area contributed by atoms with E-state index < -0.39 is 0 Å². The minimum Gasteiger partial charge on any atom is -0.384 e. The number of benzene rings is 1. The van der Waals surface area contributed by atoms with E-state index in [4.69, 9.17) is 0 Å². The molecule has 0 fully saturated rings. The lowest BCUT2D eigenvalue weighted by atomic mass is 10.2. The molecule has 2 N–H and O–H groups in total. The number of carbonyl (C=O) groups excluding carboxylic acids is 1. The second-order valence-electron chi connectivity index (χ2n) is 3.33. The average molecular weight is 336 g/mol. The van der Waals surface area contributed by atoms with Gasteiger partial charge in [0.05, 0.1) is 0 Å². The molecule has 0 saturated carbocycles. The third-order valence-corrected chi connectivity index (χ3v) is 3.00. The summed E-state index contributed by atoms with van der Waals surface area (Å²) < 4.78 is 13.6. The summed E-state index contributed by atoms with van der Waals surface area (Å²) in [4.78, 5) is 10.9. The third-order valence-electron chi connectivity index (χ3n) is 2.11. The molecule has 16 heavy (non-hydrogen) atoms. The van der Waals surface area contributed by atoms with Crippen LogP contribution in [-0.4, -0.2) is 19.5 Å². The molecule has 0 aliphatic heterocycles. The van der Waals surface area contributed by atoms with Crippen LogP contribution in [0.3, 0.4) is 0 Å². The zero-order chi connectivity index (χ0) is 12.0. The Labute approximate surface area is 108 Å². The van der Waals surface area contributed by atoms with Crippen molar-refractivity contribution in [1.82, 2.24) is 5.32 Å². The predicted molar refractivity (Wildman–Crippen MR) is 70.9 cm³/mol. The lowest BCUT2D eigenvalue weighted by Gasteiger charge is -2.08. The first-order chi connectivity index (χ1) is 7.63. The predicted octanol–water partition coefficient (Wildman–Crippen LogP) is 2.37. The molecule has 0 radical (unpaired) electrons. The zero-order valence-electron chi connectivity index (χ0n) is 9.02. The Morgan fingerprint density at radius 2 is 2.25 bits per heavy atom. The van der Waals surface area contributed by atoms with Gasteiger partial charge in [0, 0.05) is 29.3 Å². The molecular weight excluding hydrogens is 322 g/mol. The molecule has 1 amide bonds. The van der Waals surface area contributed by atoms with Crippen LogP contribution in [-0.2, 0) is 4.79 Å². The van der Waals surface area contributed by atoms with E-state index in [2.05, 4.69) is 33.2 Å². The highest BCUT2D eigenvalue weighted by Gasteiger charge is 2.01. The van der Waals surface area contributed by atoms with E-state index in [-0.39, 0.29) is 11.7 Å². The maximum absolute atomic E-state index is 12.8. The topological polar surface area (TPSA) is 41.1 Å². The Bertz CT molecular complexity index is 371. The monoisotopic (exact) mass is 336 g/mol. The van der Waals surface area contributed by atoms with Gasteiger partial charge in [0.2, 0.25) is 5.91 Å². The highest BCUT2D eigenvalue weighted by Crippen LogP contribution is 2.18. The Kier molecular flexibility index (Phi) is 5.51. The van der Waals surface area contributed by atoms with Gasteiger partial charge in [-0.2, -0.15) is 0 Å². The molecule has 0 bridgehead atoms. The molecule has 0 aliphatic carbocycles. The molecular formula is C11H14FIN2O.